The first-order chi connectivity index (χ1) is 11.3. The van der Waals surface area contributed by atoms with E-state index in [4.69, 9.17) is 4.42 Å². The van der Waals surface area contributed by atoms with Crippen molar-refractivity contribution < 1.29 is 9.21 Å². The number of H-pyrrole nitrogens is 1. The van der Waals surface area contributed by atoms with E-state index in [-0.39, 0.29) is 11.7 Å². The summed E-state index contributed by atoms with van der Waals surface area (Å²) in [5.41, 5.74) is 2.16. The van der Waals surface area contributed by atoms with Crippen LogP contribution in [0.2, 0.25) is 0 Å². The highest BCUT2D eigenvalue weighted by Crippen LogP contribution is 2.40. The molecule has 23 heavy (non-hydrogen) atoms. The zero-order chi connectivity index (χ0) is 15.4. The number of benzene rings is 1. The van der Waals surface area contributed by atoms with Crippen LogP contribution in [0.5, 0.6) is 0 Å². The Morgan fingerprint density at radius 2 is 2.00 bits per heavy atom. The molecule has 2 aliphatic carbocycles. The number of aromatic nitrogens is 4. The van der Waals surface area contributed by atoms with E-state index >= 15 is 0 Å². The van der Waals surface area contributed by atoms with Crippen LogP contribution in [0.3, 0.4) is 0 Å². The average Bonchev–Trinajstić information content (AvgIpc) is 3.48. The number of carbonyl (C=O) groups is 1. The van der Waals surface area contributed by atoms with Crippen molar-refractivity contribution in [2.45, 2.75) is 37.5 Å². The average molecular weight is 309 g/mol. The Kier molecular flexibility index (Phi) is 2.59. The van der Waals surface area contributed by atoms with Gasteiger partial charge in [0.25, 0.3) is 5.91 Å². The second-order valence-electron chi connectivity index (χ2n) is 6.28. The van der Waals surface area contributed by atoms with Gasteiger partial charge in [-0.05, 0) is 37.8 Å². The molecule has 2 heterocycles. The summed E-state index contributed by atoms with van der Waals surface area (Å²) in [6.45, 7) is 0. The molecule has 116 valence electrons. The third kappa shape index (κ3) is 2.38. The fourth-order valence-corrected chi connectivity index (χ4v) is 2.63. The number of nitrogens with zero attached hydrogens (tertiary/aromatic N) is 3. The fourth-order valence-electron chi connectivity index (χ4n) is 2.63. The maximum absolute atomic E-state index is 12.2. The lowest BCUT2D eigenvalue weighted by molar-refractivity contribution is 0.101. The van der Waals surface area contributed by atoms with Crippen LogP contribution in [0.4, 0.5) is 5.69 Å². The Hall–Kier alpha value is -2.70. The zero-order valence-corrected chi connectivity index (χ0v) is 12.4. The number of hydrogen-bond acceptors (Lipinski definition) is 5. The standard InChI is InChI=1S/C16H15N5O2/c22-15(14-19-13(20-21-14)8-1-2-8)17-10-5-6-11-12(7-10)23-16(18-11)9-3-4-9/h5-9H,1-4H2,(H,17,22)(H,19,20,21). The lowest BCUT2D eigenvalue weighted by atomic mass is 10.3. The summed E-state index contributed by atoms with van der Waals surface area (Å²) in [6, 6.07) is 5.46. The van der Waals surface area contributed by atoms with Crippen LogP contribution in [-0.2, 0) is 0 Å². The molecule has 0 bridgehead atoms. The monoisotopic (exact) mass is 309 g/mol. The maximum atomic E-state index is 12.2. The molecule has 7 nitrogen and oxygen atoms in total. The number of rotatable bonds is 4. The summed E-state index contributed by atoms with van der Waals surface area (Å²) in [6.07, 6.45) is 4.51. The molecule has 7 heteroatoms. The predicted octanol–water partition coefficient (Wildman–Crippen LogP) is 2.95. The number of hydrogen-bond donors (Lipinski definition) is 2. The third-order valence-corrected chi connectivity index (χ3v) is 4.26. The molecular formula is C16H15N5O2. The molecule has 3 aromatic rings. The molecule has 0 saturated heterocycles. The van der Waals surface area contributed by atoms with Gasteiger partial charge in [0.1, 0.15) is 11.3 Å². The highest BCUT2D eigenvalue weighted by Gasteiger charge is 2.29. The molecule has 1 aromatic carbocycles. The normalized spacial score (nSPS) is 17.6. The second-order valence-corrected chi connectivity index (χ2v) is 6.28. The van der Waals surface area contributed by atoms with E-state index in [1.165, 1.54) is 0 Å². The first-order valence-corrected chi connectivity index (χ1v) is 7.90. The predicted molar refractivity (Wildman–Crippen MR) is 82.3 cm³/mol. The van der Waals surface area contributed by atoms with Gasteiger partial charge < -0.3 is 9.73 Å². The Bertz CT molecular complexity index is 904. The highest BCUT2D eigenvalue weighted by atomic mass is 16.3. The first kappa shape index (κ1) is 12.8. The lowest BCUT2D eigenvalue weighted by Gasteiger charge is -2.01. The number of fused-ring (bicyclic) bond motifs is 1. The Morgan fingerprint density at radius 1 is 1.17 bits per heavy atom. The number of nitrogens with one attached hydrogen (secondary N) is 2. The molecule has 5 rings (SSSR count). The van der Waals surface area contributed by atoms with E-state index in [1.54, 1.807) is 6.07 Å². The van der Waals surface area contributed by atoms with E-state index in [2.05, 4.69) is 25.5 Å². The van der Waals surface area contributed by atoms with Gasteiger partial charge in [0, 0.05) is 23.6 Å². The Labute approximate surface area is 131 Å². The highest BCUT2D eigenvalue weighted by molar-refractivity contribution is 6.02. The van der Waals surface area contributed by atoms with Crippen molar-refractivity contribution in [3.63, 3.8) is 0 Å². The van der Waals surface area contributed by atoms with E-state index in [9.17, 15) is 4.79 Å². The van der Waals surface area contributed by atoms with Crippen LogP contribution in [0.15, 0.2) is 22.6 Å². The minimum Gasteiger partial charge on any atom is -0.440 e. The van der Waals surface area contributed by atoms with Crippen molar-refractivity contribution in [2.75, 3.05) is 5.32 Å². The van der Waals surface area contributed by atoms with Crippen molar-refractivity contribution in [1.82, 2.24) is 20.2 Å². The molecule has 2 fully saturated rings. The summed E-state index contributed by atoms with van der Waals surface area (Å²) >= 11 is 0. The summed E-state index contributed by atoms with van der Waals surface area (Å²) in [4.78, 5) is 21.0. The van der Waals surface area contributed by atoms with Crippen LogP contribution < -0.4 is 5.32 Å². The molecule has 2 N–H and O–H groups in total. The minimum atomic E-state index is -0.325. The summed E-state index contributed by atoms with van der Waals surface area (Å²) < 4.78 is 5.76. The first-order valence-electron chi connectivity index (χ1n) is 7.90. The smallest absolute Gasteiger partial charge is 0.295 e. The molecule has 0 unspecified atom stereocenters. The molecule has 0 radical (unpaired) electrons. The molecule has 0 atom stereocenters. The third-order valence-electron chi connectivity index (χ3n) is 4.26. The van der Waals surface area contributed by atoms with Gasteiger partial charge in [0.05, 0.1) is 0 Å². The number of anilines is 1. The van der Waals surface area contributed by atoms with E-state index in [0.29, 0.717) is 23.1 Å². The molecule has 2 saturated carbocycles. The van der Waals surface area contributed by atoms with Gasteiger partial charge in [0.2, 0.25) is 5.82 Å². The number of amides is 1. The van der Waals surface area contributed by atoms with Crippen LogP contribution in [0.1, 0.15) is 59.9 Å². The van der Waals surface area contributed by atoms with Gasteiger partial charge in [-0.1, -0.05) is 0 Å². The summed E-state index contributed by atoms with van der Waals surface area (Å²) in [7, 11) is 0. The van der Waals surface area contributed by atoms with Crippen LogP contribution >= 0.6 is 0 Å². The van der Waals surface area contributed by atoms with Gasteiger partial charge in [-0.2, -0.15) is 0 Å². The zero-order valence-electron chi connectivity index (χ0n) is 12.4. The van der Waals surface area contributed by atoms with Crippen molar-refractivity contribution in [2.24, 2.45) is 0 Å². The maximum Gasteiger partial charge on any atom is 0.295 e. The molecule has 1 amide bonds. The fraction of sp³-hybridized carbons (Fsp3) is 0.375. The molecule has 2 aliphatic rings. The van der Waals surface area contributed by atoms with Crippen molar-refractivity contribution in [3.05, 3.63) is 35.7 Å². The molecule has 2 aromatic heterocycles. The van der Waals surface area contributed by atoms with Gasteiger partial charge in [0.15, 0.2) is 11.5 Å². The molecule has 0 spiro atoms. The van der Waals surface area contributed by atoms with Crippen LogP contribution in [0, 0.1) is 0 Å². The van der Waals surface area contributed by atoms with Crippen molar-refractivity contribution in [3.8, 4) is 0 Å². The summed E-state index contributed by atoms with van der Waals surface area (Å²) in [5, 5.41) is 9.63. The largest absolute Gasteiger partial charge is 0.440 e. The van der Waals surface area contributed by atoms with Gasteiger partial charge in [-0.3, -0.25) is 9.89 Å². The van der Waals surface area contributed by atoms with Crippen molar-refractivity contribution in [1.29, 1.82) is 0 Å². The molecule has 0 aliphatic heterocycles. The quantitative estimate of drug-likeness (QED) is 0.772. The SMILES string of the molecule is O=C(Nc1ccc2nc(C3CC3)oc2c1)c1n[nH]c(C2CC2)n1. The van der Waals surface area contributed by atoms with Crippen molar-refractivity contribution >= 4 is 22.7 Å². The number of carbonyl (C=O) groups excluding carboxylic acids is 1. The Morgan fingerprint density at radius 3 is 2.78 bits per heavy atom. The lowest BCUT2D eigenvalue weighted by Crippen LogP contribution is -2.13. The minimum absolute atomic E-state index is 0.170. The number of aromatic amines is 1. The summed E-state index contributed by atoms with van der Waals surface area (Å²) in [5.74, 6) is 2.35. The van der Waals surface area contributed by atoms with E-state index in [0.717, 1.165) is 42.9 Å². The van der Waals surface area contributed by atoms with Gasteiger partial charge in [-0.25, -0.2) is 9.97 Å². The molecular weight excluding hydrogens is 294 g/mol. The van der Waals surface area contributed by atoms with Crippen LogP contribution in [0.25, 0.3) is 11.1 Å². The van der Waals surface area contributed by atoms with E-state index in [1.807, 2.05) is 12.1 Å². The van der Waals surface area contributed by atoms with Crippen LogP contribution in [-0.4, -0.2) is 26.1 Å². The second kappa shape index (κ2) is 4.65. The Balaban J connectivity index is 1.37. The van der Waals surface area contributed by atoms with E-state index < -0.39 is 0 Å². The number of oxazole rings is 1. The topological polar surface area (TPSA) is 96.7 Å². The van der Waals surface area contributed by atoms with Gasteiger partial charge in [-0.15, -0.1) is 5.10 Å². The van der Waals surface area contributed by atoms with Gasteiger partial charge >= 0.3 is 0 Å².